The average Bonchev–Trinajstić information content (AvgIpc) is 2.65. The molecular weight excluding hydrogens is 364 g/mol. The number of hydrogen-bond donors (Lipinski definition) is 1. The van der Waals surface area contributed by atoms with Crippen molar-refractivity contribution >= 4 is 21.6 Å². The standard InChI is InChI=1S/C20H26N2O4S/c1-14(2)13-21-20(23)16-7-6-15(3)19(12-16)22(4)27(24,25)18-10-8-17(26-5)9-11-18/h6-12,14H,13H2,1-5H3,(H,21,23). The number of benzene rings is 2. The second-order valence-corrected chi connectivity index (χ2v) is 8.72. The molecule has 2 aromatic rings. The van der Waals surface area contributed by atoms with Crippen molar-refractivity contribution < 1.29 is 17.9 Å². The van der Waals surface area contributed by atoms with E-state index < -0.39 is 10.0 Å². The van der Waals surface area contributed by atoms with Crippen molar-refractivity contribution in [1.29, 1.82) is 0 Å². The number of anilines is 1. The molecule has 0 atom stereocenters. The predicted molar refractivity (Wildman–Crippen MR) is 107 cm³/mol. The lowest BCUT2D eigenvalue weighted by Crippen LogP contribution is -2.29. The number of methoxy groups -OCH3 is 1. The maximum Gasteiger partial charge on any atom is 0.264 e. The third-order valence-electron chi connectivity index (χ3n) is 4.20. The molecule has 7 heteroatoms. The SMILES string of the molecule is COc1ccc(S(=O)(=O)N(C)c2cc(C(=O)NCC(C)C)ccc2C)cc1. The van der Waals surface area contributed by atoms with Gasteiger partial charge in [0.1, 0.15) is 5.75 Å². The summed E-state index contributed by atoms with van der Waals surface area (Å²) in [6.07, 6.45) is 0. The van der Waals surface area contributed by atoms with Crippen LogP contribution in [0, 0.1) is 12.8 Å². The molecule has 0 aliphatic rings. The van der Waals surface area contributed by atoms with E-state index in [1.54, 1.807) is 30.3 Å². The zero-order valence-electron chi connectivity index (χ0n) is 16.3. The molecule has 0 unspecified atom stereocenters. The maximum atomic E-state index is 13.0. The molecule has 0 radical (unpaired) electrons. The monoisotopic (exact) mass is 390 g/mol. The fraction of sp³-hybridized carbons (Fsp3) is 0.350. The van der Waals surface area contributed by atoms with Crippen molar-refractivity contribution in [2.75, 3.05) is 25.0 Å². The van der Waals surface area contributed by atoms with Crippen LogP contribution in [0.3, 0.4) is 0 Å². The van der Waals surface area contributed by atoms with Crippen LogP contribution in [0.25, 0.3) is 0 Å². The molecule has 1 amide bonds. The molecule has 0 spiro atoms. The highest BCUT2D eigenvalue weighted by Crippen LogP contribution is 2.27. The molecule has 1 N–H and O–H groups in total. The first-order valence-corrected chi connectivity index (χ1v) is 10.1. The van der Waals surface area contributed by atoms with Gasteiger partial charge in [-0.1, -0.05) is 19.9 Å². The van der Waals surface area contributed by atoms with E-state index in [2.05, 4.69) is 5.32 Å². The largest absolute Gasteiger partial charge is 0.497 e. The van der Waals surface area contributed by atoms with E-state index in [1.807, 2.05) is 20.8 Å². The number of nitrogens with one attached hydrogen (secondary N) is 1. The molecule has 0 bridgehead atoms. The van der Waals surface area contributed by atoms with Crippen LogP contribution in [-0.2, 0) is 10.0 Å². The first-order valence-electron chi connectivity index (χ1n) is 8.68. The van der Waals surface area contributed by atoms with Crippen molar-refractivity contribution in [3.05, 3.63) is 53.6 Å². The molecule has 0 aliphatic heterocycles. The van der Waals surface area contributed by atoms with Crippen LogP contribution in [0.2, 0.25) is 0 Å². The van der Waals surface area contributed by atoms with Crippen molar-refractivity contribution in [3.8, 4) is 5.75 Å². The molecule has 6 nitrogen and oxygen atoms in total. The lowest BCUT2D eigenvalue weighted by atomic mass is 10.1. The average molecular weight is 391 g/mol. The Morgan fingerprint density at radius 1 is 1.15 bits per heavy atom. The molecule has 0 fully saturated rings. The minimum atomic E-state index is -3.76. The predicted octanol–water partition coefficient (Wildman–Crippen LogP) is 3.21. The second kappa shape index (κ2) is 8.43. The van der Waals surface area contributed by atoms with Crippen LogP contribution in [0.4, 0.5) is 5.69 Å². The Balaban J connectivity index is 2.34. The van der Waals surface area contributed by atoms with Crippen LogP contribution >= 0.6 is 0 Å². The number of sulfonamides is 1. The first kappa shape index (κ1) is 20.8. The van der Waals surface area contributed by atoms with Crippen LogP contribution in [0.5, 0.6) is 5.75 Å². The summed E-state index contributed by atoms with van der Waals surface area (Å²) in [5.41, 5.74) is 1.64. The summed E-state index contributed by atoms with van der Waals surface area (Å²) in [5.74, 6) is 0.689. The van der Waals surface area contributed by atoms with Crippen molar-refractivity contribution in [2.24, 2.45) is 5.92 Å². The van der Waals surface area contributed by atoms with Gasteiger partial charge in [0.15, 0.2) is 0 Å². The van der Waals surface area contributed by atoms with Crippen LogP contribution in [0.15, 0.2) is 47.4 Å². The highest BCUT2D eigenvalue weighted by Gasteiger charge is 2.23. The van der Waals surface area contributed by atoms with Crippen LogP contribution in [0.1, 0.15) is 29.8 Å². The molecule has 0 saturated carbocycles. The first-order chi connectivity index (χ1) is 12.7. The topological polar surface area (TPSA) is 75.7 Å². The number of nitrogens with zero attached hydrogens (tertiary/aromatic N) is 1. The van der Waals surface area contributed by atoms with Gasteiger partial charge in [-0.3, -0.25) is 9.10 Å². The summed E-state index contributed by atoms with van der Waals surface area (Å²) in [6, 6.07) is 11.2. The van der Waals surface area contributed by atoms with Gasteiger partial charge >= 0.3 is 0 Å². The summed E-state index contributed by atoms with van der Waals surface area (Å²) in [7, 11) is -0.755. The number of hydrogen-bond acceptors (Lipinski definition) is 4. The van der Waals surface area contributed by atoms with E-state index in [1.165, 1.54) is 30.6 Å². The van der Waals surface area contributed by atoms with Gasteiger partial charge < -0.3 is 10.1 Å². The number of carbonyl (C=O) groups is 1. The third-order valence-corrected chi connectivity index (χ3v) is 5.98. The molecule has 27 heavy (non-hydrogen) atoms. The lowest BCUT2D eigenvalue weighted by Gasteiger charge is -2.22. The van der Waals surface area contributed by atoms with Crippen molar-refractivity contribution in [1.82, 2.24) is 5.32 Å². The zero-order valence-corrected chi connectivity index (χ0v) is 17.1. The van der Waals surface area contributed by atoms with Gasteiger partial charge in [0.2, 0.25) is 0 Å². The normalized spacial score (nSPS) is 11.3. The van der Waals surface area contributed by atoms with E-state index in [4.69, 9.17) is 4.74 Å². The molecule has 0 aliphatic carbocycles. The van der Waals surface area contributed by atoms with Gasteiger partial charge in [-0.25, -0.2) is 8.42 Å². The molecule has 0 heterocycles. The zero-order chi connectivity index (χ0) is 20.2. The Bertz CT molecular complexity index is 906. The second-order valence-electron chi connectivity index (χ2n) is 6.75. The Morgan fingerprint density at radius 3 is 2.33 bits per heavy atom. The van der Waals surface area contributed by atoms with E-state index in [0.717, 1.165) is 5.56 Å². The van der Waals surface area contributed by atoms with Crippen molar-refractivity contribution in [3.63, 3.8) is 0 Å². The molecule has 2 rings (SSSR count). The van der Waals surface area contributed by atoms with Gasteiger partial charge in [-0.15, -0.1) is 0 Å². The number of ether oxygens (including phenoxy) is 1. The molecule has 0 aromatic heterocycles. The van der Waals surface area contributed by atoms with Gasteiger partial charge in [-0.2, -0.15) is 0 Å². The van der Waals surface area contributed by atoms with Crippen LogP contribution < -0.4 is 14.4 Å². The molecule has 2 aromatic carbocycles. The maximum absolute atomic E-state index is 13.0. The van der Waals surface area contributed by atoms with Gasteiger partial charge in [0.25, 0.3) is 15.9 Å². The Kier molecular flexibility index (Phi) is 6.49. The Labute approximate surface area is 161 Å². The minimum Gasteiger partial charge on any atom is -0.497 e. The van der Waals surface area contributed by atoms with Gasteiger partial charge in [0, 0.05) is 19.2 Å². The summed E-state index contributed by atoms with van der Waals surface area (Å²) < 4.78 is 32.2. The highest BCUT2D eigenvalue weighted by molar-refractivity contribution is 7.92. The minimum absolute atomic E-state index is 0.153. The number of carbonyl (C=O) groups excluding carboxylic acids is 1. The third kappa shape index (κ3) is 4.80. The van der Waals surface area contributed by atoms with E-state index in [9.17, 15) is 13.2 Å². The van der Waals surface area contributed by atoms with Gasteiger partial charge in [0.05, 0.1) is 17.7 Å². The van der Waals surface area contributed by atoms with E-state index in [0.29, 0.717) is 29.5 Å². The fourth-order valence-electron chi connectivity index (χ4n) is 2.52. The van der Waals surface area contributed by atoms with E-state index >= 15 is 0 Å². The quantitative estimate of drug-likeness (QED) is 0.788. The summed E-state index contributed by atoms with van der Waals surface area (Å²) in [4.78, 5) is 12.5. The molecule has 0 saturated heterocycles. The Morgan fingerprint density at radius 2 is 1.78 bits per heavy atom. The number of rotatable bonds is 7. The van der Waals surface area contributed by atoms with Crippen molar-refractivity contribution in [2.45, 2.75) is 25.7 Å². The summed E-state index contributed by atoms with van der Waals surface area (Å²) in [6.45, 7) is 6.39. The van der Waals surface area contributed by atoms with Crippen LogP contribution in [-0.4, -0.2) is 35.0 Å². The smallest absolute Gasteiger partial charge is 0.264 e. The summed E-state index contributed by atoms with van der Waals surface area (Å²) >= 11 is 0. The molecule has 146 valence electrons. The van der Waals surface area contributed by atoms with Gasteiger partial charge in [-0.05, 0) is 54.8 Å². The fourth-order valence-corrected chi connectivity index (χ4v) is 3.78. The highest BCUT2D eigenvalue weighted by atomic mass is 32.2. The number of amides is 1. The molecular formula is C20H26N2O4S. The number of aryl methyl sites for hydroxylation is 1. The van der Waals surface area contributed by atoms with E-state index in [-0.39, 0.29) is 10.8 Å². The summed E-state index contributed by atoms with van der Waals surface area (Å²) in [5, 5.41) is 2.85. The lowest BCUT2D eigenvalue weighted by molar-refractivity contribution is 0.0949. The Hall–Kier alpha value is -2.54.